The highest BCUT2D eigenvalue weighted by Crippen LogP contribution is 2.24. The standard InChI is InChI=1S/C11H12N4O2S/c1-9-3-4-10(7-14-9)15(18(2,16)17)11-8-12-5-6-13-11/h3-8H,1-2H3. The van der Waals surface area contributed by atoms with E-state index in [9.17, 15) is 8.42 Å². The number of aryl methyl sites for hydroxylation is 1. The van der Waals surface area contributed by atoms with E-state index in [0.29, 0.717) is 5.69 Å². The van der Waals surface area contributed by atoms with Crippen molar-refractivity contribution in [1.82, 2.24) is 15.0 Å². The SMILES string of the molecule is Cc1ccc(N(c2cnccn2)S(C)(=O)=O)cn1. The van der Waals surface area contributed by atoms with Crippen LogP contribution in [0.5, 0.6) is 0 Å². The molecule has 7 heteroatoms. The van der Waals surface area contributed by atoms with E-state index in [0.717, 1.165) is 16.3 Å². The van der Waals surface area contributed by atoms with E-state index in [1.54, 1.807) is 12.1 Å². The van der Waals surface area contributed by atoms with Crippen LogP contribution in [-0.4, -0.2) is 29.6 Å². The van der Waals surface area contributed by atoms with Crippen LogP contribution in [0, 0.1) is 6.92 Å². The summed E-state index contributed by atoms with van der Waals surface area (Å²) in [6, 6.07) is 3.42. The third-order valence-corrected chi connectivity index (χ3v) is 3.28. The highest BCUT2D eigenvalue weighted by Gasteiger charge is 2.21. The Labute approximate surface area is 105 Å². The van der Waals surface area contributed by atoms with Gasteiger partial charge in [-0.2, -0.15) is 0 Å². The van der Waals surface area contributed by atoms with Gasteiger partial charge in [-0.3, -0.25) is 9.97 Å². The second-order valence-electron chi connectivity index (χ2n) is 3.75. The predicted octanol–water partition coefficient (Wildman–Crippen LogP) is 1.28. The number of hydrogen-bond acceptors (Lipinski definition) is 5. The summed E-state index contributed by atoms with van der Waals surface area (Å²) in [5.41, 5.74) is 1.25. The van der Waals surface area contributed by atoms with E-state index in [2.05, 4.69) is 15.0 Å². The summed E-state index contributed by atoms with van der Waals surface area (Å²) >= 11 is 0. The third kappa shape index (κ3) is 2.62. The average Bonchev–Trinajstić information content (AvgIpc) is 2.32. The Kier molecular flexibility index (Phi) is 3.24. The molecule has 0 N–H and O–H groups in total. The number of anilines is 2. The average molecular weight is 264 g/mol. The first-order chi connectivity index (χ1) is 8.48. The summed E-state index contributed by atoms with van der Waals surface area (Å²) < 4.78 is 24.8. The molecule has 18 heavy (non-hydrogen) atoms. The number of pyridine rings is 1. The molecule has 2 aromatic heterocycles. The van der Waals surface area contributed by atoms with Gasteiger partial charge in [0.05, 0.1) is 24.3 Å². The highest BCUT2D eigenvalue weighted by atomic mass is 32.2. The zero-order chi connectivity index (χ0) is 13.2. The fourth-order valence-electron chi connectivity index (χ4n) is 1.47. The van der Waals surface area contributed by atoms with Crippen molar-refractivity contribution < 1.29 is 8.42 Å². The van der Waals surface area contributed by atoms with Gasteiger partial charge >= 0.3 is 0 Å². The summed E-state index contributed by atoms with van der Waals surface area (Å²) in [4.78, 5) is 12.0. The molecule has 0 amide bonds. The van der Waals surface area contributed by atoms with Gasteiger partial charge in [0.1, 0.15) is 0 Å². The Hall–Kier alpha value is -2.02. The molecule has 2 aromatic rings. The Morgan fingerprint density at radius 1 is 1.11 bits per heavy atom. The minimum Gasteiger partial charge on any atom is -0.259 e. The number of rotatable bonds is 3. The first kappa shape index (κ1) is 12.4. The summed E-state index contributed by atoms with van der Waals surface area (Å²) in [6.45, 7) is 1.83. The normalized spacial score (nSPS) is 11.2. The lowest BCUT2D eigenvalue weighted by molar-refractivity contribution is 0.601. The van der Waals surface area contributed by atoms with E-state index in [-0.39, 0.29) is 5.82 Å². The van der Waals surface area contributed by atoms with Crippen LogP contribution >= 0.6 is 0 Å². The Balaban J connectivity index is 2.55. The summed E-state index contributed by atoms with van der Waals surface area (Å²) in [5, 5.41) is 0. The molecule has 0 saturated heterocycles. The number of nitrogens with zero attached hydrogens (tertiary/aromatic N) is 4. The lowest BCUT2D eigenvalue weighted by Gasteiger charge is -2.20. The maximum absolute atomic E-state index is 11.8. The number of sulfonamides is 1. The van der Waals surface area contributed by atoms with Gasteiger partial charge in [-0.1, -0.05) is 0 Å². The van der Waals surface area contributed by atoms with E-state index in [1.807, 2.05) is 6.92 Å². The Morgan fingerprint density at radius 3 is 2.39 bits per heavy atom. The molecule has 0 radical (unpaired) electrons. The zero-order valence-electron chi connectivity index (χ0n) is 9.98. The van der Waals surface area contributed by atoms with Gasteiger partial charge in [0.2, 0.25) is 10.0 Å². The quantitative estimate of drug-likeness (QED) is 0.834. The van der Waals surface area contributed by atoms with Crippen molar-refractivity contribution in [2.45, 2.75) is 6.92 Å². The predicted molar refractivity (Wildman–Crippen MR) is 68.0 cm³/mol. The van der Waals surface area contributed by atoms with Crippen LogP contribution in [0.1, 0.15) is 5.69 Å². The Bertz CT molecular complexity index is 626. The molecule has 0 aromatic carbocycles. The minimum absolute atomic E-state index is 0.241. The number of aromatic nitrogens is 3. The summed E-state index contributed by atoms with van der Waals surface area (Å²) in [5.74, 6) is 0.241. The molecule has 94 valence electrons. The third-order valence-electron chi connectivity index (χ3n) is 2.22. The largest absolute Gasteiger partial charge is 0.259 e. The lowest BCUT2D eigenvalue weighted by Crippen LogP contribution is -2.25. The molecule has 0 fully saturated rings. The van der Waals surface area contributed by atoms with Gasteiger partial charge < -0.3 is 0 Å². The van der Waals surface area contributed by atoms with E-state index >= 15 is 0 Å². The van der Waals surface area contributed by atoms with Crippen LogP contribution in [0.2, 0.25) is 0 Å². The lowest BCUT2D eigenvalue weighted by atomic mass is 10.3. The molecule has 0 aliphatic rings. The van der Waals surface area contributed by atoms with Crippen LogP contribution in [0.3, 0.4) is 0 Å². The van der Waals surface area contributed by atoms with E-state index < -0.39 is 10.0 Å². The molecule has 6 nitrogen and oxygen atoms in total. The second-order valence-corrected chi connectivity index (χ2v) is 5.58. The molecule has 0 aliphatic carbocycles. The maximum Gasteiger partial charge on any atom is 0.237 e. The van der Waals surface area contributed by atoms with Gasteiger partial charge in [-0.25, -0.2) is 17.7 Å². The van der Waals surface area contributed by atoms with Gasteiger partial charge in [0.25, 0.3) is 0 Å². The molecule has 0 unspecified atom stereocenters. The summed E-state index contributed by atoms with van der Waals surface area (Å²) in [6.07, 6.45) is 6.92. The second kappa shape index (κ2) is 4.69. The number of hydrogen-bond donors (Lipinski definition) is 0. The van der Waals surface area contributed by atoms with Crippen LogP contribution < -0.4 is 4.31 Å². The minimum atomic E-state index is -3.49. The summed E-state index contributed by atoms with van der Waals surface area (Å²) in [7, 11) is -3.49. The molecule has 0 bridgehead atoms. The van der Waals surface area contributed by atoms with Crippen LogP contribution in [0.4, 0.5) is 11.5 Å². The smallest absolute Gasteiger partial charge is 0.237 e. The van der Waals surface area contributed by atoms with Crippen molar-refractivity contribution in [2.75, 3.05) is 10.6 Å². The Morgan fingerprint density at radius 2 is 1.89 bits per heavy atom. The molecule has 0 aliphatic heterocycles. The first-order valence-corrected chi connectivity index (χ1v) is 7.02. The monoisotopic (exact) mass is 264 g/mol. The maximum atomic E-state index is 11.8. The van der Waals surface area contributed by atoms with Gasteiger partial charge in [0.15, 0.2) is 5.82 Å². The van der Waals surface area contributed by atoms with Crippen LogP contribution in [-0.2, 0) is 10.0 Å². The van der Waals surface area contributed by atoms with E-state index in [1.165, 1.54) is 24.8 Å². The van der Waals surface area contributed by atoms with Gasteiger partial charge in [-0.05, 0) is 19.1 Å². The molecule has 0 saturated carbocycles. The first-order valence-electron chi connectivity index (χ1n) is 5.17. The highest BCUT2D eigenvalue weighted by molar-refractivity contribution is 7.92. The molecular weight excluding hydrogens is 252 g/mol. The molecule has 2 heterocycles. The molecule has 2 rings (SSSR count). The van der Waals surface area contributed by atoms with Crippen molar-refractivity contribution in [3.8, 4) is 0 Å². The zero-order valence-corrected chi connectivity index (χ0v) is 10.8. The topological polar surface area (TPSA) is 76.1 Å². The van der Waals surface area contributed by atoms with Crippen LogP contribution in [0.25, 0.3) is 0 Å². The van der Waals surface area contributed by atoms with Crippen molar-refractivity contribution in [3.05, 3.63) is 42.6 Å². The van der Waals surface area contributed by atoms with Crippen LogP contribution in [0.15, 0.2) is 36.9 Å². The molecule has 0 spiro atoms. The molecular formula is C11H12N4O2S. The fraction of sp³-hybridized carbons (Fsp3) is 0.182. The van der Waals surface area contributed by atoms with Crippen molar-refractivity contribution in [2.24, 2.45) is 0 Å². The van der Waals surface area contributed by atoms with E-state index in [4.69, 9.17) is 0 Å². The van der Waals surface area contributed by atoms with Gasteiger partial charge in [0, 0.05) is 18.1 Å². The molecule has 0 atom stereocenters. The van der Waals surface area contributed by atoms with Gasteiger partial charge in [-0.15, -0.1) is 0 Å². The fourth-order valence-corrected chi connectivity index (χ4v) is 2.39. The van der Waals surface area contributed by atoms with Crippen molar-refractivity contribution in [1.29, 1.82) is 0 Å². The van der Waals surface area contributed by atoms with Crippen molar-refractivity contribution >= 4 is 21.5 Å². The van der Waals surface area contributed by atoms with Crippen molar-refractivity contribution in [3.63, 3.8) is 0 Å².